The number of hydrogen-bond acceptors (Lipinski definition) is 7. The summed E-state index contributed by atoms with van der Waals surface area (Å²) in [5.41, 5.74) is 6.82. The quantitative estimate of drug-likeness (QED) is 0.486. The maximum absolute atomic E-state index is 12.5. The number of carbonyl (C=O) groups is 2. The van der Waals surface area contributed by atoms with Gasteiger partial charge in [-0.25, -0.2) is 10.4 Å². The van der Waals surface area contributed by atoms with Crippen LogP contribution in [0.5, 0.6) is 0 Å². The van der Waals surface area contributed by atoms with Gasteiger partial charge < -0.3 is 10.1 Å². The van der Waals surface area contributed by atoms with Crippen molar-refractivity contribution in [2.45, 2.75) is 39.2 Å². The molecule has 0 saturated heterocycles. The molecule has 10 heteroatoms. The van der Waals surface area contributed by atoms with Gasteiger partial charge in [-0.2, -0.15) is 5.10 Å². The fourth-order valence-corrected chi connectivity index (χ4v) is 3.82. The van der Waals surface area contributed by atoms with E-state index in [0.29, 0.717) is 34.8 Å². The van der Waals surface area contributed by atoms with E-state index >= 15 is 0 Å². The molecule has 0 bridgehead atoms. The Morgan fingerprint density at radius 2 is 2.09 bits per heavy atom. The highest BCUT2D eigenvalue weighted by Crippen LogP contribution is 2.31. The van der Waals surface area contributed by atoms with Gasteiger partial charge >= 0.3 is 0 Å². The number of aromatic nitrogens is 5. The van der Waals surface area contributed by atoms with E-state index in [1.807, 2.05) is 13.8 Å². The molecule has 1 amide bonds. The third-order valence-corrected chi connectivity index (χ3v) is 5.25. The van der Waals surface area contributed by atoms with E-state index in [4.69, 9.17) is 0 Å². The highest BCUT2D eigenvalue weighted by atomic mass is 16.3. The van der Waals surface area contributed by atoms with E-state index in [2.05, 4.69) is 30.5 Å². The van der Waals surface area contributed by atoms with Gasteiger partial charge in [0, 0.05) is 42.6 Å². The van der Waals surface area contributed by atoms with Crippen molar-refractivity contribution in [2.75, 3.05) is 0 Å². The van der Waals surface area contributed by atoms with Crippen LogP contribution in [0.25, 0.3) is 6.08 Å². The van der Waals surface area contributed by atoms with Crippen LogP contribution >= 0.6 is 0 Å². The Kier molecular flexibility index (Phi) is 6.04. The summed E-state index contributed by atoms with van der Waals surface area (Å²) in [4.78, 5) is 40.4. The summed E-state index contributed by atoms with van der Waals surface area (Å²) in [7, 11) is 0. The molecule has 0 aliphatic carbocycles. The number of H-pyrrole nitrogens is 1. The fourth-order valence-electron chi connectivity index (χ4n) is 3.82. The number of carbonyl (C=O) groups excluding carboxylic acids is 2. The maximum Gasteiger partial charge on any atom is 0.273 e. The predicted molar refractivity (Wildman–Crippen MR) is 117 cm³/mol. The highest BCUT2D eigenvalue weighted by Gasteiger charge is 2.27. The average molecular weight is 433 g/mol. The number of aliphatic hydroxyl groups is 1. The van der Waals surface area contributed by atoms with E-state index < -0.39 is 0 Å². The molecule has 1 aliphatic heterocycles. The average Bonchev–Trinajstić information content (AvgIpc) is 3.52. The molecule has 0 saturated carbocycles. The molecule has 3 aromatic rings. The summed E-state index contributed by atoms with van der Waals surface area (Å²) in [6.07, 6.45) is 11.7. The van der Waals surface area contributed by atoms with E-state index in [9.17, 15) is 14.7 Å². The number of nitrogens with zero attached hydrogens (tertiary/aromatic N) is 5. The molecule has 164 valence electrons. The van der Waals surface area contributed by atoms with E-state index in [0.717, 1.165) is 11.1 Å². The molecule has 3 N–H and O–H groups in total. The van der Waals surface area contributed by atoms with Crippen LogP contribution in [-0.2, 0) is 17.8 Å². The van der Waals surface area contributed by atoms with Crippen molar-refractivity contribution in [1.82, 2.24) is 29.9 Å². The van der Waals surface area contributed by atoms with E-state index in [1.54, 1.807) is 24.7 Å². The third kappa shape index (κ3) is 4.12. The summed E-state index contributed by atoms with van der Waals surface area (Å²) in [6, 6.07) is 0. The Labute approximate surface area is 184 Å². The molecule has 4 rings (SSSR count). The van der Waals surface area contributed by atoms with Crippen molar-refractivity contribution >= 4 is 23.6 Å². The van der Waals surface area contributed by atoms with Gasteiger partial charge in [0.05, 0.1) is 18.4 Å². The second-order valence-electron chi connectivity index (χ2n) is 7.64. The summed E-state index contributed by atoms with van der Waals surface area (Å²) in [6.45, 7) is 3.84. The summed E-state index contributed by atoms with van der Waals surface area (Å²) in [5, 5.41) is 14.1. The van der Waals surface area contributed by atoms with Crippen molar-refractivity contribution in [2.24, 2.45) is 5.10 Å². The van der Waals surface area contributed by atoms with Gasteiger partial charge in [-0.3, -0.25) is 24.1 Å². The van der Waals surface area contributed by atoms with Crippen LogP contribution in [0.15, 0.2) is 48.0 Å². The minimum Gasteiger partial charge on any atom is -0.390 e. The second-order valence-corrected chi connectivity index (χ2v) is 7.64. The SMILES string of the molecule is CC(C)c1c(C=C2C(=O)NN=C2c2cnccn2)[nH]c(CO)c1CCC(=O)n1ccnc1. The van der Waals surface area contributed by atoms with Gasteiger partial charge in [0.2, 0.25) is 5.91 Å². The smallest absolute Gasteiger partial charge is 0.273 e. The zero-order valence-electron chi connectivity index (χ0n) is 17.7. The van der Waals surface area contributed by atoms with Gasteiger partial charge in [0.1, 0.15) is 17.7 Å². The molecular weight excluding hydrogens is 410 g/mol. The van der Waals surface area contributed by atoms with Crippen LogP contribution in [0.3, 0.4) is 0 Å². The molecular formula is C22H23N7O3. The summed E-state index contributed by atoms with van der Waals surface area (Å²) < 4.78 is 1.44. The first-order chi connectivity index (χ1) is 15.5. The molecule has 4 heterocycles. The topological polar surface area (TPSA) is 138 Å². The molecule has 32 heavy (non-hydrogen) atoms. The standard InChI is InChI=1S/C22H23N7O3/c1-13(2)20-14(3-4-19(31)29-8-7-24-12-29)18(11-30)26-16(20)9-15-21(27-28-22(15)32)17-10-23-5-6-25-17/h5-10,12-13,26,30H,3-4,11H2,1-2H3,(H,28,32). The highest BCUT2D eigenvalue weighted by molar-refractivity contribution is 6.32. The van der Waals surface area contributed by atoms with Crippen molar-refractivity contribution in [3.8, 4) is 0 Å². The lowest BCUT2D eigenvalue weighted by molar-refractivity contribution is -0.116. The van der Waals surface area contributed by atoms with Crippen LogP contribution in [0.1, 0.15) is 59.2 Å². The normalized spacial score (nSPS) is 14.8. The first kappa shape index (κ1) is 21.3. The number of aliphatic hydroxyl groups excluding tert-OH is 1. The van der Waals surface area contributed by atoms with Gasteiger partial charge in [0.15, 0.2) is 0 Å². The maximum atomic E-state index is 12.5. The van der Waals surface area contributed by atoms with Crippen molar-refractivity contribution in [1.29, 1.82) is 0 Å². The fraction of sp³-hybridized carbons (Fsp3) is 0.273. The van der Waals surface area contributed by atoms with Crippen LogP contribution in [0.4, 0.5) is 0 Å². The lowest BCUT2D eigenvalue weighted by atomic mass is 9.93. The molecule has 0 radical (unpaired) electrons. The molecule has 0 aromatic carbocycles. The number of imidazole rings is 1. The third-order valence-electron chi connectivity index (χ3n) is 5.25. The van der Waals surface area contributed by atoms with E-state index in [-0.39, 0.29) is 30.8 Å². The lowest BCUT2D eigenvalue weighted by Gasteiger charge is -2.11. The summed E-state index contributed by atoms with van der Waals surface area (Å²) >= 11 is 0. The monoisotopic (exact) mass is 433 g/mol. The summed E-state index contributed by atoms with van der Waals surface area (Å²) in [5.74, 6) is -0.357. The number of nitrogens with one attached hydrogen (secondary N) is 2. The van der Waals surface area contributed by atoms with Gasteiger partial charge in [-0.1, -0.05) is 13.8 Å². The molecule has 1 aliphatic rings. The van der Waals surface area contributed by atoms with Crippen molar-refractivity contribution < 1.29 is 14.7 Å². The first-order valence-corrected chi connectivity index (χ1v) is 10.2. The molecule has 0 unspecified atom stereocenters. The Morgan fingerprint density at radius 3 is 2.75 bits per heavy atom. The lowest BCUT2D eigenvalue weighted by Crippen LogP contribution is -2.14. The van der Waals surface area contributed by atoms with Crippen LogP contribution in [-0.4, -0.2) is 47.1 Å². The minimum atomic E-state index is -0.350. The van der Waals surface area contributed by atoms with E-state index in [1.165, 1.54) is 23.3 Å². The largest absolute Gasteiger partial charge is 0.390 e. The zero-order chi connectivity index (χ0) is 22.7. The van der Waals surface area contributed by atoms with Gasteiger partial charge in [-0.15, -0.1) is 0 Å². The predicted octanol–water partition coefficient (Wildman–Crippen LogP) is 1.81. The number of hydrazone groups is 1. The molecule has 0 spiro atoms. The molecule has 0 atom stereocenters. The Hall–Kier alpha value is -3.92. The molecule has 0 fully saturated rings. The Bertz CT molecular complexity index is 1190. The van der Waals surface area contributed by atoms with Crippen molar-refractivity contribution in [3.63, 3.8) is 0 Å². The number of hydrogen-bond donors (Lipinski definition) is 3. The van der Waals surface area contributed by atoms with Gasteiger partial charge in [-0.05, 0) is 29.5 Å². The van der Waals surface area contributed by atoms with Crippen molar-refractivity contribution in [3.05, 3.63) is 71.1 Å². The Balaban J connectivity index is 1.70. The molecule has 3 aromatic heterocycles. The number of amides is 1. The number of aromatic amines is 1. The van der Waals surface area contributed by atoms with Crippen LogP contribution in [0, 0.1) is 0 Å². The second kappa shape index (κ2) is 9.06. The number of rotatable bonds is 7. The van der Waals surface area contributed by atoms with Crippen LogP contribution < -0.4 is 5.43 Å². The van der Waals surface area contributed by atoms with Gasteiger partial charge in [0.25, 0.3) is 5.91 Å². The first-order valence-electron chi connectivity index (χ1n) is 10.2. The Morgan fingerprint density at radius 1 is 1.25 bits per heavy atom. The zero-order valence-corrected chi connectivity index (χ0v) is 17.7. The minimum absolute atomic E-state index is 0.0816. The molecule has 10 nitrogen and oxygen atoms in total. The van der Waals surface area contributed by atoms with Crippen LogP contribution in [0.2, 0.25) is 0 Å².